The Labute approximate surface area is 154 Å². The number of amides is 1. The second-order valence-electron chi connectivity index (χ2n) is 5.73. The predicted molar refractivity (Wildman–Crippen MR) is 101 cm³/mol. The van der Waals surface area contributed by atoms with E-state index in [0.29, 0.717) is 11.7 Å². The van der Waals surface area contributed by atoms with Crippen LogP contribution in [0.3, 0.4) is 0 Å². The highest BCUT2D eigenvalue weighted by molar-refractivity contribution is 7.13. The number of nitrogens with one attached hydrogen (secondary N) is 1. The molecular weight excluding hydrogens is 348 g/mol. The van der Waals surface area contributed by atoms with Crippen LogP contribution in [0.4, 0.5) is 5.13 Å². The number of hydrogen-bond donors (Lipinski definition) is 1. The van der Waals surface area contributed by atoms with Crippen molar-refractivity contribution in [3.8, 4) is 5.75 Å². The molecule has 0 radical (unpaired) electrons. The van der Waals surface area contributed by atoms with Gasteiger partial charge >= 0.3 is 0 Å². The molecule has 2 aromatic carbocycles. The Bertz CT molecular complexity index is 1010. The van der Waals surface area contributed by atoms with Crippen LogP contribution in [0.2, 0.25) is 0 Å². The Hall–Kier alpha value is -3.19. The molecular formula is C19H16N4O2S. The lowest BCUT2D eigenvalue weighted by Crippen LogP contribution is -2.18. The standard InChI is InChI=1S/C19H16N4O2S/c24-18(21-19-22-20-13-26-19)11-23-9-8-15-10-16(6-7-17(15)23)25-12-14-4-2-1-3-5-14/h1-10,13H,11-12H2,(H,21,22,24). The largest absolute Gasteiger partial charge is 0.489 e. The fourth-order valence-electron chi connectivity index (χ4n) is 2.69. The van der Waals surface area contributed by atoms with Crippen molar-refractivity contribution in [2.24, 2.45) is 0 Å². The number of nitrogens with zero attached hydrogens (tertiary/aromatic N) is 3. The fraction of sp³-hybridized carbons (Fsp3) is 0.105. The molecule has 0 fully saturated rings. The second kappa shape index (κ2) is 7.37. The summed E-state index contributed by atoms with van der Waals surface area (Å²) < 4.78 is 7.75. The molecule has 2 aromatic heterocycles. The number of benzene rings is 2. The van der Waals surface area contributed by atoms with Crippen molar-refractivity contribution in [1.29, 1.82) is 0 Å². The molecule has 0 aliphatic heterocycles. The Morgan fingerprint density at radius 3 is 2.85 bits per heavy atom. The quantitative estimate of drug-likeness (QED) is 0.566. The van der Waals surface area contributed by atoms with E-state index in [1.807, 2.05) is 65.4 Å². The first-order chi connectivity index (χ1) is 12.8. The number of ether oxygens (including phenoxy) is 1. The first-order valence-corrected chi connectivity index (χ1v) is 8.97. The molecule has 6 nitrogen and oxygen atoms in total. The van der Waals surface area contributed by atoms with E-state index < -0.39 is 0 Å². The molecule has 0 unspecified atom stereocenters. The van der Waals surface area contributed by atoms with E-state index in [4.69, 9.17) is 4.74 Å². The third kappa shape index (κ3) is 3.73. The van der Waals surface area contributed by atoms with Crippen molar-refractivity contribution in [2.45, 2.75) is 13.2 Å². The fourth-order valence-corrected chi connectivity index (χ4v) is 3.15. The van der Waals surface area contributed by atoms with E-state index in [1.54, 1.807) is 5.51 Å². The Balaban J connectivity index is 1.44. The number of fused-ring (bicyclic) bond motifs is 1. The predicted octanol–water partition coefficient (Wildman–Crippen LogP) is 3.71. The Morgan fingerprint density at radius 2 is 2.04 bits per heavy atom. The van der Waals surface area contributed by atoms with Crippen molar-refractivity contribution < 1.29 is 9.53 Å². The number of carbonyl (C=O) groups excluding carboxylic acids is 1. The van der Waals surface area contributed by atoms with E-state index in [2.05, 4.69) is 15.5 Å². The monoisotopic (exact) mass is 364 g/mol. The SMILES string of the molecule is O=C(Cn1ccc2cc(OCc3ccccc3)ccc21)Nc1nncs1. The Morgan fingerprint density at radius 1 is 1.15 bits per heavy atom. The van der Waals surface area contributed by atoms with Gasteiger partial charge in [0, 0.05) is 17.1 Å². The van der Waals surface area contributed by atoms with Gasteiger partial charge in [-0.1, -0.05) is 41.7 Å². The molecule has 1 N–H and O–H groups in total. The number of carbonyl (C=O) groups is 1. The molecule has 0 bridgehead atoms. The van der Waals surface area contributed by atoms with Gasteiger partial charge in [-0.2, -0.15) is 0 Å². The van der Waals surface area contributed by atoms with E-state index in [-0.39, 0.29) is 12.5 Å². The summed E-state index contributed by atoms with van der Waals surface area (Å²) in [5.41, 5.74) is 3.68. The number of hydrogen-bond acceptors (Lipinski definition) is 5. The highest BCUT2D eigenvalue weighted by Gasteiger charge is 2.09. The summed E-state index contributed by atoms with van der Waals surface area (Å²) in [6.45, 7) is 0.741. The van der Waals surface area contributed by atoms with Crippen molar-refractivity contribution in [3.05, 3.63) is 71.9 Å². The summed E-state index contributed by atoms with van der Waals surface area (Å²) in [7, 11) is 0. The molecule has 4 aromatic rings. The topological polar surface area (TPSA) is 69.0 Å². The summed E-state index contributed by atoms with van der Waals surface area (Å²) in [4.78, 5) is 12.1. The highest BCUT2D eigenvalue weighted by atomic mass is 32.1. The molecule has 0 aliphatic rings. The van der Waals surface area contributed by atoms with Gasteiger partial charge in [0.1, 0.15) is 24.4 Å². The smallest absolute Gasteiger partial charge is 0.246 e. The Kier molecular flexibility index (Phi) is 4.61. The summed E-state index contributed by atoms with van der Waals surface area (Å²) >= 11 is 1.29. The first kappa shape index (κ1) is 16.3. The van der Waals surface area contributed by atoms with E-state index >= 15 is 0 Å². The molecule has 0 spiro atoms. The third-order valence-electron chi connectivity index (χ3n) is 3.91. The van der Waals surface area contributed by atoms with Crippen molar-refractivity contribution in [2.75, 3.05) is 5.32 Å². The molecule has 0 saturated carbocycles. The summed E-state index contributed by atoms with van der Waals surface area (Å²) in [5.74, 6) is 0.668. The second-order valence-corrected chi connectivity index (χ2v) is 6.56. The highest BCUT2D eigenvalue weighted by Crippen LogP contribution is 2.23. The number of aromatic nitrogens is 3. The number of anilines is 1. The van der Waals surface area contributed by atoms with Crippen LogP contribution in [0.1, 0.15) is 5.56 Å². The molecule has 0 atom stereocenters. The third-order valence-corrected chi connectivity index (χ3v) is 4.52. The maximum absolute atomic E-state index is 12.1. The van der Waals surface area contributed by atoms with Crippen LogP contribution in [0.15, 0.2) is 66.3 Å². The summed E-state index contributed by atoms with van der Waals surface area (Å²) in [6.07, 6.45) is 1.89. The van der Waals surface area contributed by atoms with Crippen molar-refractivity contribution in [3.63, 3.8) is 0 Å². The minimum atomic E-state index is -0.136. The molecule has 4 rings (SSSR count). The van der Waals surface area contributed by atoms with E-state index in [0.717, 1.165) is 22.2 Å². The van der Waals surface area contributed by atoms with Gasteiger partial charge in [-0.15, -0.1) is 10.2 Å². The minimum Gasteiger partial charge on any atom is -0.489 e. The number of rotatable bonds is 6. The minimum absolute atomic E-state index is 0.136. The first-order valence-electron chi connectivity index (χ1n) is 8.09. The van der Waals surface area contributed by atoms with Gasteiger partial charge in [0.25, 0.3) is 0 Å². The van der Waals surface area contributed by atoms with Crippen LogP contribution < -0.4 is 10.1 Å². The van der Waals surface area contributed by atoms with Gasteiger partial charge in [-0.3, -0.25) is 10.1 Å². The zero-order valence-electron chi connectivity index (χ0n) is 13.8. The zero-order valence-corrected chi connectivity index (χ0v) is 14.6. The van der Waals surface area contributed by atoms with Crippen molar-refractivity contribution >= 4 is 33.3 Å². The normalized spacial score (nSPS) is 10.8. The van der Waals surface area contributed by atoms with Crippen LogP contribution in [0, 0.1) is 0 Å². The molecule has 2 heterocycles. The molecule has 1 amide bonds. The maximum atomic E-state index is 12.1. The van der Waals surface area contributed by atoms with Gasteiger partial charge < -0.3 is 9.30 Å². The lowest BCUT2D eigenvalue weighted by Gasteiger charge is -2.08. The zero-order chi connectivity index (χ0) is 17.8. The lowest BCUT2D eigenvalue weighted by molar-refractivity contribution is -0.116. The molecule has 130 valence electrons. The van der Waals surface area contributed by atoms with Gasteiger partial charge in [0.05, 0.1) is 0 Å². The van der Waals surface area contributed by atoms with Gasteiger partial charge in [-0.05, 0) is 29.8 Å². The molecule has 7 heteroatoms. The molecule has 26 heavy (non-hydrogen) atoms. The lowest BCUT2D eigenvalue weighted by atomic mass is 10.2. The van der Waals surface area contributed by atoms with Crippen LogP contribution in [-0.2, 0) is 17.9 Å². The van der Waals surface area contributed by atoms with Crippen LogP contribution in [0.5, 0.6) is 5.75 Å². The van der Waals surface area contributed by atoms with E-state index in [9.17, 15) is 4.79 Å². The van der Waals surface area contributed by atoms with E-state index in [1.165, 1.54) is 11.3 Å². The summed E-state index contributed by atoms with van der Waals surface area (Å²) in [5, 5.41) is 11.8. The van der Waals surface area contributed by atoms with Crippen LogP contribution in [0.25, 0.3) is 10.9 Å². The van der Waals surface area contributed by atoms with Gasteiger partial charge in [-0.25, -0.2) is 0 Å². The van der Waals surface area contributed by atoms with Gasteiger partial charge in [0.2, 0.25) is 11.0 Å². The maximum Gasteiger partial charge on any atom is 0.246 e. The van der Waals surface area contributed by atoms with Gasteiger partial charge in [0.15, 0.2) is 0 Å². The van der Waals surface area contributed by atoms with Crippen molar-refractivity contribution in [1.82, 2.24) is 14.8 Å². The average Bonchev–Trinajstić information content (AvgIpc) is 3.31. The summed E-state index contributed by atoms with van der Waals surface area (Å²) in [6, 6.07) is 17.9. The molecule has 0 aliphatic carbocycles. The molecule has 0 saturated heterocycles. The van der Waals surface area contributed by atoms with Crippen LogP contribution >= 0.6 is 11.3 Å². The average molecular weight is 364 g/mol. The van der Waals surface area contributed by atoms with Crippen LogP contribution in [-0.4, -0.2) is 20.7 Å².